The van der Waals surface area contributed by atoms with Gasteiger partial charge in [0.25, 0.3) is 0 Å². The Morgan fingerprint density at radius 1 is 0.818 bits per heavy atom. The molecule has 0 radical (unpaired) electrons. The summed E-state index contributed by atoms with van der Waals surface area (Å²) in [6.07, 6.45) is -0.696. The molecule has 3 aliphatic rings. The number of carbonyl (C=O) groups excluding carboxylic acids is 1. The number of ether oxygens (including phenoxy) is 3. The Bertz CT molecular complexity index is 1000. The van der Waals surface area contributed by atoms with Crippen LogP contribution in [0, 0.1) is 0 Å². The molecule has 0 amide bonds. The zero-order valence-electron chi connectivity index (χ0n) is 18.7. The molecule has 0 saturated carbocycles. The molecule has 8 heteroatoms. The van der Waals surface area contributed by atoms with Crippen LogP contribution in [0.15, 0.2) is 30.3 Å². The number of fused-ring (bicyclic) bond motifs is 1. The Hall–Kier alpha value is -2.65. The minimum atomic E-state index is -0.758. The van der Waals surface area contributed by atoms with E-state index in [1.165, 1.54) is 0 Å². The monoisotopic (exact) mass is 454 g/mol. The number of hydrogen-bond donors (Lipinski definition) is 2. The standard InChI is InChI=1S/C25H30N2O6/c28-21-14-18-22(29)19(15-26-6-10-31-11-7-26)23(30)20(16-27-8-12-32-13-9-27)25(18)33-24(21)17-4-2-1-3-5-17/h1-5,24,29-30H,6-16H2. The molecule has 0 spiro atoms. The smallest absolute Gasteiger partial charge is 0.182 e. The van der Waals surface area contributed by atoms with Gasteiger partial charge in [-0.25, -0.2) is 0 Å². The van der Waals surface area contributed by atoms with Crippen LogP contribution in [0.2, 0.25) is 0 Å². The van der Waals surface area contributed by atoms with Crippen molar-refractivity contribution in [3.05, 3.63) is 52.6 Å². The third kappa shape index (κ3) is 4.56. The summed E-state index contributed by atoms with van der Waals surface area (Å²) < 4.78 is 17.2. The van der Waals surface area contributed by atoms with Crippen LogP contribution >= 0.6 is 0 Å². The lowest BCUT2D eigenvalue weighted by atomic mass is 9.90. The van der Waals surface area contributed by atoms with E-state index in [-0.39, 0.29) is 23.7 Å². The van der Waals surface area contributed by atoms with Crippen molar-refractivity contribution in [2.45, 2.75) is 25.6 Å². The third-order valence-corrected chi connectivity index (χ3v) is 6.64. The maximum Gasteiger partial charge on any atom is 0.182 e. The van der Waals surface area contributed by atoms with Gasteiger partial charge in [-0.3, -0.25) is 14.6 Å². The average molecular weight is 455 g/mol. The predicted octanol–water partition coefficient (Wildman–Crippen LogP) is 2.01. The van der Waals surface area contributed by atoms with Crippen LogP contribution in [0.3, 0.4) is 0 Å². The first-order valence-electron chi connectivity index (χ1n) is 11.5. The van der Waals surface area contributed by atoms with Gasteiger partial charge in [0.1, 0.15) is 17.2 Å². The highest BCUT2D eigenvalue weighted by molar-refractivity contribution is 5.90. The number of phenolic OH excluding ortho intramolecular Hbond substituents is 2. The number of hydrogen-bond acceptors (Lipinski definition) is 8. The molecule has 0 aliphatic carbocycles. The summed E-state index contributed by atoms with van der Waals surface area (Å²) in [5.41, 5.74) is 2.31. The highest BCUT2D eigenvalue weighted by atomic mass is 16.5. The molecule has 1 unspecified atom stereocenters. The van der Waals surface area contributed by atoms with Gasteiger partial charge in [-0.05, 0) is 5.56 Å². The first-order chi connectivity index (χ1) is 16.1. The van der Waals surface area contributed by atoms with Gasteiger partial charge in [-0.1, -0.05) is 30.3 Å². The van der Waals surface area contributed by atoms with Gasteiger partial charge < -0.3 is 24.4 Å². The summed E-state index contributed by atoms with van der Waals surface area (Å²) in [5.74, 6) is 0.324. The number of morpholine rings is 2. The first kappa shape index (κ1) is 22.2. The van der Waals surface area contributed by atoms with E-state index in [2.05, 4.69) is 9.80 Å². The van der Waals surface area contributed by atoms with Crippen molar-refractivity contribution in [3.8, 4) is 17.2 Å². The molecule has 3 aliphatic heterocycles. The van der Waals surface area contributed by atoms with Crippen molar-refractivity contribution in [1.29, 1.82) is 0 Å². The van der Waals surface area contributed by atoms with E-state index in [4.69, 9.17) is 14.2 Å². The average Bonchev–Trinajstić information content (AvgIpc) is 2.86. The lowest BCUT2D eigenvalue weighted by molar-refractivity contribution is -0.126. The topological polar surface area (TPSA) is 91.7 Å². The van der Waals surface area contributed by atoms with Crippen molar-refractivity contribution in [1.82, 2.24) is 9.80 Å². The maximum absolute atomic E-state index is 13.0. The summed E-state index contributed by atoms with van der Waals surface area (Å²) in [6.45, 7) is 6.29. The number of ketones is 1. The SMILES string of the molecule is O=C1Cc2c(O)c(CN3CCOCC3)c(O)c(CN3CCOCC3)c2OC1c1ccccc1. The van der Waals surface area contributed by atoms with Gasteiger partial charge in [0.2, 0.25) is 0 Å². The number of nitrogens with zero attached hydrogens (tertiary/aromatic N) is 2. The van der Waals surface area contributed by atoms with E-state index in [0.29, 0.717) is 62.0 Å². The van der Waals surface area contributed by atoms with Crippen LogP contribution in [0.5, 0.6) is 17.2 Å². The van der Waals surface area contributed by atoms with E-state index in [9.17, 15) is 15.0 Å². The number of Topliss-reactive ketones (excluding diaryl/α,β-unsaturated/α-hetero) is 1. The summed E-state index contributed by atoms with van der Waals surface area (Å²) in [7, 11) is 0. The number of aromatic hydroxyl groups is 2. The molecule has 2 aromatic rings. The van der Waals surface area contributed by atoms with Crippen molar-refractivity contribution < 1.29 is 29.2 Å². The van der Waals surface area contributed by atoms with E-state index in [1.807, 2.05) is 30.3 Å². The Kier molecular flexibility index (Phi) is 6.50. The predicted molar refractivity (Wildman–Crippen MR) is 120 cm³/mol. The number of rotatable bonds is 5. The largest absolute Gasteiger partial charge is 0.507 e. The van der Waals surface area contributed by atoms with Gasteiger partial charge >= 0.3 is 0 Å². The lowest BCUT2D eigenvalue weighted by Crippen LogP contribution is -2.37. The molecule has 0 aromatic heterocycles. The quantitative estimate of drug-likeness (QED) is 0.709. The van der Waals surface area contributed by atoms with Crippen LogP contribution in [-0.4, -0.2) is 78.4 Å². The van der Waals surface area contributed by atoms with Gasteiger partial charge in [-0.2, -0.15) is 0 Å². The summed E-state index contributed by atoms with van der Waals surface area (Å²) in [5, 5.41) is 22.5. The van der Waals surface area contributed by atoms with Crippen LogP contribution in [0.25, 0.3) is 0 Å². The Balaban J connectivity index is 1.55. The molecule has 8 nitrogen and oxygen atoms in total. The molecule has 2 N–H and O–H groups in total. The second-order valence-corrected chi connectivity index (χ2v) is 8.79. The Labute approximate surface area is 193 Å². The number of carbonyl (C=O) groups is 1. The number of benzene rings is 2. The molecule has 0 bridgehead atoms. The van der Waals surface area contributed by atoms with Crippen molar-refractivity contribution >= 4 is 5.78 Å². The zero-order chi connectivity index (χ0) is 22.8. The molecule has 176 valence electrons. The Morgan fingerprint density at radius 2 is 1.39 bits per heavy atom. The first-order valence-corrected chi connectivity index (χ1v) is 11.5. The van der Waals surface area contributed by atoms with E-state index >= 15 is 0 Å². The molecule has 3 heterocycles. The van der Waals surface area contributed by atoms with Gasteiger partial charge in [-0.15, -0.1) is 0 Å². The molecule has 33 heavy (non-hydrogen) atoms. The van der Waals surface area contributed by atoms with Gasteiger partial charge in [0, 0.05) is 51.3 Å². The highest BCUT2D eigenvalue weighted by Gasteiger charge is 2.36. The second-order valence-electron chi connectivity index (χ2n) is 8.79. The zero-order valence-corrected chi connectivity index (χ0v) is 18.7. The molecule has 2 fully saturated rings. The minimum Gasteiger partial charge on any atom is -0.507 e. The molecular formula is C25H30N2O6. The molecule has 2 saturated heterocycles. The summed E-state index contributed by atoms with van der Waals surface area (Å²) in [4.78, 5) is 17.4. The summed E-state index contributed by atoms with van der Waals surface area (Å²) >= 11 is 0. The van der Waals surface area contributed by atoms with Crippen molar-refractivity contribution in [3.63, 3.8) is 0 Å². The molecule has 2 aromatic carbocycles. The van der Waals surface area contributed by atoms with Crippen LogP contribution < -0.4 is 4.74 Å². The fraction of sp³-hybridized carbons (Fsp3) is 0.480. The van der Waals surface area contributed by atoms with Crippen LogP contribution in [0.4, 0.5) is 0 Å². The Morgan fingerprint density at radius 3 is 2.00 bits per heavy atom. The second kappa shape index (κ2) is 9.69. The number of phenols is 2. The van der Waals surface area contributed by atoms with Crippen molar-refractivity contribution in [2.75, 3.05) is 52.6 Å². The van der Waals surface area contributed by atoms with E-state index in [0.717, 1.165) is 31.7 Å². The van der Waals surface area contributed by atoms with Crippen LogP contribution in [0.1, 0.15) is 28.4 Å². The summed E-state index contributed by atoms with van der Waals surface area (Å²) in [6, 6.07) is 9.36. The van der Waals surface area contributed by atoms with Gasteiger partial charge in [0.15, 0.2) is 11.9 Å². The maximum atomic E-state index is 13.0. The third-order valence-electron chi connectivity index (χ3n) is 6.64. The molecule has 1 atom stereocenters. The molecule has 5 rings (SSSR count). The van der Waals surface area contributed by atoms with E-state index in [1.54, 1.807) is 0 Å². The lowest BCUT2D eigenvalue weighted by Gasteiger charge is -2.33. The fourth-order valence-corrected chi connectivity index (χ4v) is 4.77. The minimum absolute atomic E-state index is 0.0421. The van der Waals surface area contributed by atoms with Gasteiger partial charge in [0.05, 0.1) is 37.6 Å². The normalized spacial score (nSPS) is 22.1. The van der Waals surface area contributed by atoms with Crippen LogP contribution in [-0.2, 0) is 33.8 Å². The van der Waals surface area contributed by atoms with E-state index < -0.39 is 6.10 Å². The highest BCUT2D eigenvalue weighted by Crippen LogP contribution is 2.48. The molecular weight excluding hydrogens is 424 g/mol. The fourth-order valence-electron chi connectivity index (χ4n) is 4.77. The van der Waals surface area contributed by atoms with Crippen molar-refractivity contribution in [2.24, 2.45) is 0 Å².